The number of halogens is 3. The zero-order valence-corrected chi connectivity index (χ0v) is 6.58. The van der Waals surface area contributed by atoms with Crippen LogP contribution in [0.4, 0.5) is 24.5 Å². The van der Waals surface area contributed by atoms with Crippen LogP contribution in [0.5, 0.6) is 0 Å². The van der Waals surface area contributed by atoms with Gasteiger partial charge in [-0.05, 0) is 28.6 Å². The first-order valence-corrected chi connectivity index (χ1v) is 3.36. The Morgan fingerprint density at radius 3 is 1.64 bits per heavy atom. The van der Waals surface area contributed by atoms with Crippen molar-refractivity contribution in [1.29, 1.82) is 0 Å². The highest BCUT2D eigenvalue weighted by molar-refractivity contribution is 5.53. The van der Waals surface area contributed by atoms with E-state index in [2.05, 4.69) is 10.4 Å². The Morgan fingerprint density at radius 2 is 1.36 bits per heavy atom. The van der Waals surface area contributed by atoms with E-state index in [-0.39, 0.29) is 0 Å². The van der Waals surface area contributed by atoms with Crippen molar-refractivity contribution >= 4 is 11.4 Å². The van der Waals surface area contributed by atoms with Gasteiger partial charge >= 0.3 is 6.18 Å². The molecule has 0 atom stereocenters. The number of rotatable bonds is 2. The van der Waals surface area contributed by atoms with Crippen LogP contribution in [0.25, 0.3) is 0 Å². The number of nitroso groups, excluding NO2 is 2. The van der Waals surface area contributed by atoms with Crippen molar-refractivity contribution in [3.05, 3.63) is 33.6 Å². The fourth-order valence-electron chi connectivity index (χ4n) is 0.864. The molecule has 7 heteroatoms. The van der Waals surface area contributed by atoms with Gasteiger partial charge in [0, 0.05) is 0 Å². The molecule has 4 nitrogen and oxygen atoms in total. The molecule has 1 aromatic rings. The monoisotopic (exact) mass is 204 g/mol. The predicted molar refractivity (Wildman–Crippen MR) is 42.4 cm³/mol. The summed E-state index contributed by atoms with van der Waals surface area (Å²) in [5.74, 6) is 0. The van der Waals surface area contributed by atoms with Crippen molar-refractivity contribution in [2.45, 2.75) is 6.18 Å². The maximum absolute atomic E-state index is 12.1. The van der Waals surface area contributed by atoms with Gasteiger partial charge in [-0.25, -0.2) is 0 Å². The molecular weight excluding hydrogens is 201 g/mol. The Balaban J connectivity index is 3.31. The second-order valence-electron chi connectivity index (χ2n) is 2.42. The van der Waals surface area contributed by atoms with Gasteiger partial charge in [-0.15, -0.1) is 9.81 Å². The third-order valence-electron chi connectivity index (χ3n) is 1.44. The SMILES string of the molecule is O=Nc1cc(N=O)cc(C(F)(F)F)c1. The fraction of sp³-hybridized carbons (Fsp3) is 0.143. The van der Waals surface area contributed by atoms with Crippen LogP contribution >= 0.6 is 0 Å². The van der Waals surface area contributed by atoms with E-state index in [1.54, 1.807) is 0 Å². The van der Waals surface area contributed by atoms with Crippen LogP contribution in [0.2, 0.25) is 0 Å². The Kier molecular flexibility index (Phi) is 2.59. The third-order valence-corrected chi connectivity index (χ3v) is 1.44. The average molecular weight is 204 g/mol. The molecule has 0 bridgehead atoms. The number of alkyl halides is 3. The summed E-state index contributed by atoms with van der Waals surface area (Å²) in [6, 6.07) is 1.96. The van der Waals surface area contributed by atoms with E-state index in [9.17, 15) is 23.0 Å². The molecule has 0 fully saturated rings. The second-order valence-corrected chi connectivity index (χ2v) is 2.42. The van der Waals surface area contributed by atoms with E-state index < -0.39 is 23.1 Å². The zero-order chi connectivity index (χ0) is 10.8. The van der Waals surface area contributed by atoms with Crippen molar-refractivity contribution in [2.75, 3.05) is 0 Å². The molecule has 1 aromatic carbocycles. The Morgan fingerprint density at radius 1 is 0.929 bits per heavy atom. The van der Waals surface area contributed by atoms with Crippen molar-refractivity contribution in [3.8, 4) is 0 Å². The van der Waals surface area contributed by atoms with Gasteiger partial charge in [0.1, 0.15) is 11.4 Å². The van der Waals surface area contributed by atoms with Crippen LogP contribution < -0.4 is 0 Å². The molecule has 14 heavy (non-hydrogen) atoms. The largest absolute Gasteiger partial charge is 0.416 e. The summed E-state index contributed by atoms with van der Waals surface area (Å²) in [6.45, 7) is 0. The highest BCUT2D eigenvalue weighted by atomic mass is 19.4. The predicted octanol–water partition coefficient (Wildman–Crippen LogP) is 3.50. The lowest BCUT2D eigenvalue weighted by atomic mass is 10.2. The molecular formula is C7H3F3N2O2. The minimum Gasteiger partial charge on any atom is -0.166 e. The van der Waals surface area contributed by atoms with Gasteiger partial charge < -0.3 is 0 Å². The van der Waals surface area contributed by atoms with Crippen molar-refractivity contribution < 1.29 is 13.2 Å². The lowest BCUT2D eigenvalue weighted by molar-refractivity contribution is -0.137. The van der Waals surface area contributed by atoms with Gasteiger partial charge in [-0.1, -0.05) is 0 Å². The Hall–Kier alpha value is -1.79. The first-order chi connectivity index (χ1) is 6.47. The maximum atomic E-state index is 12.1. The zero-order valence-electron chi connectivity index (χ0n) is 6.58. The summed E-state index contributed by atoms with van der Waals surface area (Å²) in [6.07, 6.45) is -4.62. The molecule has 1 rings (SSSR count). The van der Waals surface area contributed by atoms with E-state index in [1.807, 2.05) is 0 Å². The molecule has 0 aromatic heterocycles. The lowest BCUT2D eigenvalue weighted by Gasteiger charge is -2.06. The van der Waals surface area contributed by atoms with E-state index >= 15 is 0 Å². The molecule has 0 unspecified atom stereocenters. The lowest BCUT2D eigenvalue weighted by Crippen LogP contribution is -2.03. The van der Waals surface area contributed by atoms with Crippen LogP contribution in [-0.4, -0.2) is 0 Å². The van der Waals surface area contributed by atoms with Gasteiger partial charge in [-0.3, -0.25) is 0 Å². The normalized spacial score (nSPS) is 11.1. The molecule has 0 aliphatic heterocycles. The minimum absolute atomic E-state index is 0.477. The summed E-state index contributed by atoms with van der Waals surface area (Å²) in [4.78, 5) is 20.0. The minimum atomic E-state index is -4.62. The summed E-state index contributed by atoms with van der Waals surface area (Å²) in [7, 11) is 0. The van der Waals surface area contributed by atoms with Crippen molar-refractivity contribution in [1.82, 2.24) is 0 Å². The first kappa shape index (κ1) is 10.3. The topological polar surface area (TPSA) is 58.9 Å². The van der Waals surface area contributed by atoms with Gasteiger partial charge in [0.25, 0.3) is 0 Å². The van der Waals surface area contributed by atoms with Crippen LogP contribution in [0, 0.1) is 9.81 Å². The maximum Gasteiger partial charge on any atom is 0.416 e. The fourth-order valence-corrected chi connectivity index (χ4v) is 0.864. The van der Waals surface area contributed by atoms with Crippen molar-refractivity contribution in [2.24, 2.45) is 10.4 Å². The van der Waals surface area contributed by atoms with E-state index in [0.717, 1.165) is 6.07 Å². The standard InChI is InChI=1S/C7H3F3N2O2/c8-7(9,10)4-1-5(11-13)3-6(2-4)12-14/h1-3H. The van der Waals surface area contributed by atoms with Gasteiger partial charge in [-0.2, -0.15) is 13.2 Å². The summed E-state index contributed by atoms with van der Waals surface area (Å²) >= 11 is 0. The molecule has 0 amide bonds. The summed E-state index contributed by atoms with van der Waals surface area (Å²) in [5.41, 5.74) is -2.08. The number of hydrogen-bond acceptors (Lipinski definition) is 4. The van der Waals surface area contributed by atoms with Gasteiger partial charge in [0.15, 0.2) is 0 Å². The summed E-state index contributed by atoms with van der Waals surface area (Å²) < 4.78 is 36.4. The number of benzene rings is 1. The average Bonchev–Trinajstić information content (AvgIpc) is 2.15. The third kappa shape index (κ3) is 2.12. The van der Waals surface area contributed by atoms with Crippen LogP contribution in [-0.2, 0) is 6.18 Å². The highest BCUT2D eigenvalue weighted by Crippen LogP contribution is 2.34. The van der Waals surface area contributed by atoms with E-state index in [4.69, 9.17) is 0 Å². The first-order valence-electron chi connectivity index (χ1n) is 3.36. The highest BCUT2D eigenvalue weighted by Gasteiger charge is 2.31. The molecule has 0 radical (unpaired) electrons. The molecule has 74 valence electrons. The Bertz CT molecular complexity index is 349. The van der Waals surface area contributed by atoms with Gasteiger partial charge in [0.05, 0.1) is 5.56 Å². The number of nitrogens with zero attached hydrogens (tertiary/aromatic N) is 2. The second kappa shape index (κ2) is 3.52. The molecule has 0 saturated carbocycles. The van der Waals surface area contributed by atoms with Crippen LogP contribution in [0.15, 0.2) is 28.6 Å². The molecule has 0 aliphatic carbocycles. The van der Waals surface area contributed by atoms with Gasteiger partial charge in [0.2, 0.25) is 0 Å². The molecule has 0 spiro atoms. The smallest absolute Gasteiger partial charge is 0.166 e. The molecule has 0 aliphatic rings. The molecule has 0 N–H and O–H groups in total. The van der Waals surface area contributed by atoms with Crippen LogP contribution in [0.1, 0.15) is 5.56 Å². The molecule has 0 saturated heterocycles. The Labute approximate surface area is 75.7 Å². The van der Waals surface area contributed by atoms with Crippen molar-refractivity contribution in [3.63, 3.8) is 0 Å². The van der Waals surface area contributed by atoms with E-state index in [0.29, 0.717) is 12.1 Å². The summed E-state index contributed by atoms with van der Waals surface area (Å²) in [5, 5.41) is 4.61. The number of hydrogen-bond donors (Lipinski definition) is 0. The van der Waals surface area contributed by atoms with E-state index in [1.165, 1.54) is 0 Å². The quantitative estimate of drug-likeness (QED) is 0.692. The van der Waals surface area contributed by atoms with Crippen LogP contribution in [0.3, 0.4) is 0 Å². The molecule has 0 heterocycles.